The Morgan fingerprint density at radius 2 is 1.82 bits per heavy atom. The molecule has 0 aromatic heterocycles. The van der Waals surface area contributed by atoms with Gasteiger partial charge in [0.05, 0.1) is 18.1 Å². The number of ketones is 1. The number of benzene rings is 2. The molecule has 0 bridgehead atoms. The number of hydrogen-bond donors (Lipinski definition) is 1. The monoisotopic (exact) mass is 386 g/mol. The van der Waals surface area contributed by atoms with Gasteiger partial charge in [-0.05, 0) is 43.7 Å². The van der Waals surface area contributed by atoms with Gasteiger partial charge in [0.1, 0.15) is 18.5 Å². The third-order valence-corrected chi connectivity index (χ3v) is 4.47. The van der Waals surface area contributed by atoms with Gasteiger partial charge in [-0.3, -0.25) is 14.9 Å². The van der Waals surface area contributed by atoms with Crippen molar-refractivity contribution in [3.05, 3.63) is 64.2 Å². The van der Waals surface area contributed by atoms with Gasteiger partial charge in [0.25, 0.3) is 5.69 Å². The molecule has 0 saturated carbocycles. The number of nitro groups is 1. The zero-order valence-electron chi connectivity index (χ0n) is 15.9. The van der Waals surface area contributed by atoms with E-state index in [0.717, 1.165) is 5.69 Å². The molecule has 1 aliphatic rings. The molecule has 3 rings (SSSR count). The first-order valence-corrected chi connectivity index (χ1v) is 8.78. The van der Waals surface area contributed by atoms with Crippen molar-refractivity contribution in [2.75, 3.05) is 19.0 Å². The molecule has 0 spiro atoms. The highest BCUT2D eigenvalue weighted by atomic mass is 16.7. The van der Waals surface area contributed by atoms with Crippen molar-refractivity contribution in [2.45, 2.75) is 31.8 Å². The maximum Gasteiger partial charge on any atom is 0.269 e. The second-order valence-electron chi connectivity index (χ2n) is 6.89. The van der Waals surface area contributed by atoms with Crippen LogP contribution in [0.1, 0.15) is 25.5 Å². The van der Waals surface area contributed by atoms with E-state index in [0.29, 0.717) is 11.3 Å². The average Bonchev–Trinajstić information content (AvgIpc) is 2.69. The van der Waals surface area contributed by atoms with Crippen LogP contribution in [0.25, 0.3) is 0 Å². The van der Waals surface area contributed by atoms with Gasteiger partial charge >= 0.3 is 0 Å². The Balaban J connectivity index is 1.94. The van der Waals surface area contributed by atoms with Crippen molar-refractivity contribution in [3.8, 4) is 5.75 Å². The second kappa shape index (κ2) is 7.95. The third-order valence-electron chi connectivity index (χ3n) is 4.47. The molecule has 1 saturated heterocycles. The van der Waals surface area contributed by atoms with Crippen LogP contribution in [0.5, 0.6) is 5.75 Å². The number of non-ortho nitro benzene ring substituents is 1. The molecule has 2 atom stereocenters. The Labute approximate surface area is 162 Å². The number of Topliss-reactive ketones (excluding diaryl/α,β-unsaturated/α-hetero) is 1. The molecule has 1 aliphatic heterocycles. The van der Waals surface area contributed by atoms with Crippen LogP contribution in [0.3, 0.4) is 0 Å². The summed E-state index contributed by atoms with van der Waals surface area (Å²) in [6, 6.07) is 12.8. The highest BCUT2D eigenvalue weighted by Gasteiger charge is 2.40. The van der Waals surface area contributed by atoms with Crippen molar-refractivity contribution >= 4 is 17.2 Å². The first-order valence-electron chi connectivity index (χ1n) is 8.78. The summed E-state index contributed by atoms with van der Waals surface area (Å²) in [5.74, 6) is -0.417. The Kier molecular flexibility index (Phi) is 5.62. The number of carbonyl (C=O) groups is 1. The van der Waals surface area contributed by atoms with Crippen molar-refractivity contribution in [1.29, 1.82) is 0 Å². The molecule has 0 aliphatic carbocycles. The summed E-state index contributed by atoms with van der Waals surface area (Å²) in [7, 11) is 1.58. The number of methoxy groups -OCH3 is 1. The number of hydrogen-bond acceptors (Lipinski definition) is 7. The lowest BCUT2D eigenvalue weighted by Crippen LogP contribution is -2.50. The van der Waals surface area contributed by atoms with Crippen LogP contribution in [0.15, 0.2) is 48.5 Å². The largest absolute Gasteiger partial charge is 0.497 e. The molecule has 2 aromatic rings. The SMILES string of the molecule is COc1ccc(N[C@H](c2ccc([N+](=O)[O-])cc2)[C@@H]2OC(C)(C)OCC2=O)cc1. The van der Waals surface area contributed by atoms with Gasteiger partial charge in [0.15, 0.2) is 11.6 Å². The maximum absolute atomic E-state index is 12.5. The zero-order valence-corrected chi connectivity index (χ0v) is 15.9. The summed E-state index contributed by atoms with van der Waals surface area (Å²) in [6.45, 7) is 3.42. The molecule has 2 aromatic carbocycles. The summed E-state index contributed by atoms with van der Waals surface area (Å²) in [4.78, 5) is 23.0. The van der Waals surface area contributed by atoms with Gasteiger partial charge < -0.3 is 19.5 Å². The summed E-state index contributed by atoms with van der Waals surface area (Å²) in [5, 5.41) is 14.3. The zero-order chi connectivity index (χ0) is 20.3. The van der Waals surface area contributed by atoms with Crippen LogP contribution in [0.4, 0.5) is 11.4 Å². The first-order chi connectivity index (χ1) is 13.3. The van der Waals surface area contributed by atoms with E-state index in [1.54, 1.807) is 45.2 Å². The quantitative estimate of drug-likeness (QED) is 0.599. The fourth-order valence-corrected chi connectivity index (χ4v) is 2.99. The Hall–Kier alpha value is -2.97. The number of anilines is 1. The van der Waals surface area contributed by atoms with Crippen LogP contribution in [0, 0.1) is 10.1 Å². The summed E-state index contributed by atoms with van der Waals surface area (Å²) >= 11 is 0. The third kappa shape index (κ3) is 4.47. The van der Waals surface area contributed by atoms with Gasteiger partial charge in [0, 0.05) is 17.8 Å². The number of nitro benzene ring substituents is 1. The average molecular weight is 386 g/mol. The Morgan fingerprint density at radius 3 is 2.39 bits per heavy atom. The van der Waals surface area contributed by atoms with Crippen molar-refractivity contribution < 1.29 is 23.9 Å². The molecule has 0 radical (unpaired) electrons. The lowest BCUT2D eigenvalue weighted by molar-refractivity contribution is -0.384. The van der Waals surface area contributed by atoms with E-state index >= 15 is 0 Å². The van der Waals surface area contributed by atoms with Gasteiger partial charge in [-0.15, -0.1) is 0 Å². The lowest BCUT2D eigenvalue weighted by atomic mass is 9.96. The van der Waals surface area contributed by atoms with Gasteiger partial charge in [0.2, 0.25) is 0 Å². The van der Waals surface area contributed by atoms with E-state index in [1.165, 1.54) is 12.1 Å². The smallest absolute Gasteiger partial charge is 0.269 e. The fraction of sp³-hybridized carbons (Fsp3) is 0.350. The van der Waals surface area contributed by atoms with Crippen LogP contribution in [-0.4, -0.2) is 36.3 Å². The molecule has 148 valence electrons. The Morgan fingerprint density at radius 1 is 1.18 bits per heavy atom. The summed E-state index contributed by atoms with van der Waals surface area (Å²) in [5.41, 5.74) is 1.42. The molecule has 1 fully saturated rings. The van der Waals surface area contributed by atoms with E-state index in [2.05, 4.69) is 5.32 Å². The van der Waals surface area contributed by atoms with E-state index in [-0.39, 0.29) is 18.1 Å². The van der Waals surface area contributed by atoms with Crippen LogP contribution in [0.2, 0.25) is 0 Å². The number of rotatable bonds is 6. The minimum Gasteiger partial charge on any atom is -0.497 e. The maximum atomic E-state index is 12.5. The number of nitrogens with zero attached hydrogens (tertiary/aromatic N) is 1. The standard InChI is InChI=1S/C20H22N2O6/c1-20(2)27-12-17(23)19(28-20)18(13-4-8-15(9-5-13)22(24)25)21-14-6-10-16(26-3)11-7-14/h4-11,18-19,21H,12H2,1-3H3/t18-,19-/m1/s1. The highest BCUT2D eigenvalue weighted by Crippen LogP contribution is 2.32. The van der Waals surface area contributed by atoms with Crippen molar-refractivity contribution in [1.82, 2.24) is 0 Å². The number of carbonyl (C=O) groups excluding carboxylic acids is 1. The number of nitrogens with one attached hydrogen (secondary N) is 1. The van der Waals surface area contributed by atoms with E-state index < -0.39 is 22.9 Å². The summed E-state index contributed by atoms with van der Waals surface area (Å²) in [6.07, 6.45) is -0.813. The minimum atomic E-state index is -0.917. The van der Waals surface area contributed by atoms with Crippen molar-refractivity contribution in [2.24, 2.45) is 0 Å². The molecule has 28 heavy (non-hydrogen) atoms. The minimum absolute atomic E-state index is 0.0218. The topological polar surface area (TPSA) is 99.9 Å². The lowest BCUT2D eigenvalue weighted by Gasteiger charge is -2.39. The van der Waals surface area contributed by atoms with Crippen LogP contribution < -0.4 is 10.1 Å². The molecule has 1 heterocycles. The molecule has 0 amide bonds. The molecule has 8 nitrogen and oxygen atoms in total. The van der Waals surface area contributed by atoms with Crippen molar-refractivity contribution in [3.63, 3.8) is 0 Å². The second-order valence-corrected chi connectivity index (χ2v) is 6.89. The molecular formula is C20H22N2O6. The van der Waals surface area contributed by atoms with Crippen LogP contribution >= 0.6 is 0 Å². The molecule has 1 N–H and O–H groups in total. The Bertz CT molecular complexity index is 848. The van der Waals surface area contributed by atoms with Gasteiger partial charge in [-0.2, -0.15) is 0 Å². The van der Waals surface area contributed by atoms with E-state index in [4.69, 9.17) is 14.2 Å². The summed E-state index contributed by atoms with van der Waals surface area (Å²) < 4.78 is 16.5. The predicted molar refractivity (Wildman–Crippen MR) is 102 cm³/mol. The molecular weight excluding hydrogens is 364 g/mol. The van der Waals surface area contributed by atoms with E-state index in [1.807, 2.05) is 12.1 Å². The van der Waals surface area contributed by atoms with E-state index in [9.17, 15) is 14.9 Å². The van der Waals surface area contributed by atoms with Gasteiger partial charge in [-0.1, -0.05) is 12.1 Å². The highest BCUT2D eigenvalue weighted by molar-refractivity contribution is 5.86. The normalized spacial score (nSPS) is 19.7. The fourth-order valence-electron chi connectivity index (χ4n) is 2.99. The molecule has 8 heteroatoms. The molecule has 0 unspecified atom stereocenters. The van der Waals surface area contributed by atoms with Crippen LogP contribution in [-0.2, 0) is 14.3 Å². The first kappa shape index (κ1) is 19.8. The van der Waals surface area contributed by atoms with Gasteiger partial charge in [-0.25, -0.2) is 0 Å². The number of ether oxygens (including phenoxy) is 3. The predicted octanol–water partition coefficient (Wildman–Crippen LogP) is 3.48.